The van der Waals surface area contributed by atoms with Gasteiger partial charge in [-0.3, -0.25) is 4.99 Å². The highest BCUT2D eigenvalue weighted by atomic mass is 16.5. The molecule has 0 amide bonds. The van der Waals surface area contributed by atoms with Gasteiger partial charge in [-0.25, -0.2) is 0 Å². The molecule has 1 aliphatic rings. The maximum absolute atomic E-state index is 5.92. The molecule has 1 rings (SSSR count). The van der Waals surface area contributed by atoms with Crippen LogP contribution in [0.1, 0.15) is 34.1 Å². The Bertz CT molecular complexity index is 242. The maximum atomic E-state index is 5.92. The number of aliphatic imine (C=N–C) groups is 1. The first-order valence-electron chi connectivity index (χ1n) is 5.72. The summed E-state index contributed by atoms with van der Waals surface area (Å²) in [6, 6.07) is 0.418. The number of nitrogens with two attached hydrogens (primary N) is 1. The summed E-state index contributed by atoms with van der Waals surface area (Å²) in [5.74, 6) is 0.659. The Morgan fingerprint density at radius 2 is 2.27 bits per heavy atom. The Hall–Kier alpha value is -0.770. The van der Waals surface area contributed by atoms with Crippen molar-refractivity contribution in [3.8, 4) is 0 Å². The van der Waals surface area contributed by atoms with E-state index in [1.807, 2.05) is 6.92 Å². The van der Waals surface area contributed by atoms with Crippen LogP contribution in [0, 0.1) is 0 Å². The van der Waals surface area contributed by atoms with E-state index in [0.29, 0.717) is 18.6 Å². The van der Waals surface area contributed by atoms with Gasteiger partial charge in [0, 0.05) is 12.6 Å². The molecule has 4 nitrogen and oxygen atoms in total. The molecular formula is C11H23N3O. The molecule has 0 aromatic rings. The summed E-state index contributed by atoms with van der Waals surface area (Å²) in [6.45, 7) is 10.7. The van der Waals surface area contributed by atoms with Crippen molar-refractivity contribution in [2.75, 3.05) is 19.8 Å². The van der Waals surface area contributed by atoms with Gasteiger partial charge in [-0.1, -0.05) is 6.92 Å². The third kappa shape index (κ3) is 2.43. The molecule has 0 aromatic carbocycles. The Kier molecular flexibility index (Phi) is 3.97. The van der Waals surface area contributed by atoms with Crippen LogP contribution >= 0.6 is 0 Å². The summed E-state index contributed by atoms with van der Waals surface area (Å²) in [5.41, 5.74) is 5.86. The van der Waals surface area contributed by atoms with Gasteiger partial charge in [-0.15, -0.1) is 0 Å². The van der Waals surface area contributed by atoms with E-state index in [1.54, 1.807) is 0 Å². The first-order valence-corrected chi connectivity index (χ1v) is 5.72. The molecule has 0 saturated carbocycles. The SMILES string of the molecule is CCOCC1(C)CN=C(N)N1C(C)CC. The minimum absolute atomic E-state index is 0.0600. The number of hydrogen-bond acceptors (Lipinski definition) is 4. The molecule has 4 heteroatoms. The Labute approximate surface area is 92.5 Å². The highest BCUT2D eigenvalue weighted by Crippen LogP contribution is 2.25. The van der Waals surface area contributed by atoms with Gasteiger partial charge >= 0.3 is 0 Å². The lowest BCUT2D eigenvalue weighted by atomic mass is 10.00. The lowest BCUT2D eigenvalue weighted by Gasteiger charge is -2.39. The topological polar surface area (TPSA) is 50.9 Å². The first-order chi connectivity index (χ1) is 7.05. The molecule has 15 heavy (non-hydrogen) atoms. The van der Waals surface area contributed by atoms with E-state index in [9.17, 15) is 0 Å². The van der Waals surface area contributed by atoms with Crippen molar-refractivity contribution in [2.45, 2.75) is 45.7 Å². The van der Waals surface area contributed by atoms with Crippen molar-refractivity contribution in [1.29, 1.82) is 0 Å². The van der Waals surface area contributed by atoms with E-state index in [1.165, 1.54) is 0 Å². The van der Waals surface area contributed by atoms with Crippen LogP contribution in [0.3, 0.4) is 0 Å². The smallest absolute Gasteiger partial charge is 0.192 e. The maximum Gasteiger partial charge on any atom is 0.192 e. The molecule has 0 saturated heterocycles. The summed E-state index contributed by atoms with van der Waals surface area (Å²) in [7, 11) is 0. The fraction of sp³-hybridized carbons (Fsp3) is 0.909. The number of ether oxygens (including phenoxy) is 1. The van der Waals surface area contributed by atoms with Gasteiger partial charge in [0.15, 0.2) is 5.96 Å². The van der Waals surface area contributed by atoms with Gasteiger partial charge in [-0.05, 0) is 27.2 Å². The van der Waals surface area contributed by atoms with Gasteiger partial charge < -0.3 is 15.4 Å². The second-order valence-corrected chi connectivity index (χ2v) is 4.44. The molecule has 1 aliphatic heterocycles. The minimum Gasteiger partial charge on any atom is -0.379 e. The number of guanidine groups is 1. The molecule has 0 fully saturated rings. The molecular weight excluding hydrogens is 190 g/mol. The van der Waals surface area contributed by atoms with E-state index >= 15 is 0 Å². The van der Waals surface area contributed by atoms with Crippen molar-refractivity contribution in [2.24, 2.45) is 10.7 Å². The van der Waals surface area contributed by atoms with E-state index in [0.717, 1.165) is 19.6 Å². The van der Waals surface area contributed by atoms with Crippen LogP contribution < -0.4 is 5.73 Å². The average molecular weight is 213 g/mol. The normalized spacial score (nSPS) is 28.0. The Balaban J connectivity index is 2.73. The monoisotopic (exact) mass is 213 g/mol. The highest BCUT2D eigenvalue weighted by molar-refractivity contribution is 5.81. The van der Waals surface area contributed by atoms with Crippen LogP contribution in [0.25, 0.3) is 0 Å². The molecule has 0 aromatic heterocycles. The largest absolute Gasteiger partial charge is 0.379 e. The molecule has 2 atom stereocenters. The Morgan fingerprint density at radius 1 is 1.60 bits per heavy atom. The van der Waals surface area contributed by atoms with Crippen molar-refractivity contribution in [1.82, 2.24) is 4.90 Å². The van der Waals surface area contributed by atoms with Crippen molar-refractivity contribution in [3.05, 3.63) is 0 Å². The summed E-state index contributed by atoms with van der Waals surface area (Å²) >= 11 is 0. The zero-order valence-electron chi connectivity index (χ0n) is 10.3. The van der Waals surface area contributed by atoms with Crippen molar-refractivity contribution in [3.63, 3.8) is 0 Å². The van der Waals surface area contributed by atoms with Crippen LogP contribution in [0.2, 0.25) is 0 Å². The first kappa shape index (κ1) is 12.3. The predicted molar refractivity (Wildman–Crippen MR) is 63.0 cm³/mol. The van der Waals surface area contributed by atoms with Gasteiger partial charge in [0.25, 0.3) is 0 Å². The van der Waals surface area contributed by atoms with Crippen LogP contribution in [0.15, 0.2) is 4.99 Å². The number of rotatable bonds is 5. The van der Waals surface area contributed by atoms with E-state index in [-0.39, 0.29) is 5.54 Å². The van der Waals surface area contributed by atoms with Crippen LogP contribution in [0.4, 0.5) is 0 Å². The second-order valence-electron chi connectivity index (χ2n) is 4.44. The molecule has 2 unspecified atom stereocenters. The van der Waals surface area contributed by atoms with Crippen LogP contribution in [0.5, 0.6) is 0 Å². The predicted octanol–water partition coefficient (Wildman–Crippen LogP) is 1.21. The molecule has 88 valence electrons. The van der Waals surface area contributed by atoms with Crippen molar-refractivity contribution >= 4 is 5.96 Å². The molecule has 1 heterocycles. The lowest BCUT2D eigenvalue weighted by Crippen LogP contribution is -2.56. The molecule has 0 bridgehead atoms. The third-order valence-corrected chi connectivity index (χ3v) is 3.06. The van der Waals surface area contributed by atoms with Crippen molar-refractivity contribution < 1.29 is 4.74 Å². The second kappa shape index (κ2) is 4.84. The number of hydrogen-bond donors (Lipinski definition) is 1. The molecule has 2 N–H and O–H groups in total. The minimum atomic E-state index is -0.0600. The van der Waals surface area contributed by atoms with E-state index in [4.69, 9.17) is 10.5 Å². The summed E-state index contributed by atoms with van der Waals surface area (Å²) in [5, 5.41) is 0. The lowest BCUT2D eigenvalue weighted by molar-refractivity contribution is 0.0386. The average Bonchev–Trinajstić information content (AvgIpc) is 2.52. The molecule has 0 aliphatic carbocycles. The zero-order valence-corrected chi connectivity index (χ0v) is 10.3. The fourth-order valence-electron chi connectivity index (χ4n) is 2.06. The van der Waals surface area contributed by atoms with Crippen LogP contribution in [-0.4, -0.2) is 42.2 Å². The number of nitrogens with zero attached hydrogens (tertiary/aromatic N) is 2. The highest BCUT2D eigenvalue weighted by Gasteiger charge is 2.40. The third-order valence-electron chi connectivity index (χ3n) is 3.06. The summed E-state index contributed by atoms with van der Waals surface area (Å²) in [6.07, 6.45) is 1.07. The zero-order chi connectivity index (χ0) is 11.5. The van der Waals surface area contributed by atoms with Gasteiger partial charge in [0.05, 0.1) is 18.7 Å². The van der Waals surface area contributed by atoms with Crippen LogP contribution in [-0.2, 0) is 4.74 Å². The quantitative estimate of drug-likeness (QED) is 0.747. The van der Waals surface area contributed by atoms with Gasteiger partial charge in [0.1, 0.15) is 0 Å². The fourth-order valence-corrected chi connectivity index (χ4v) is 2.06. The summed E-state index contributed by atoms with van der Waals surface area (Å²) < 4.78 is 5.52. The molecule has 0 radical (unpaired) electrons. The van der Waals surface area contributed by atoms with Gasteiger partial charge in [0.2, 0.25) is 0 Å². The molecule has 0 spiro atoms. The van der Waals surface area contributed by atoms with E-state index < -0.39 is 0 Å². The standard InChI is InChI=1S/C11H23N3O/c1-5-9(3)14-10(12)13-7-11(14,4)8-15-6-2/h9H,5-8H2,1-4H3,(H2,12,13). The summed E-state index contributed by atoms with van der Waals surface area (Å²) in [4.78, 5) is 6.53. The van der Waals surface area contributed by atoms with E-state index in [2.05, 4.69) is 30.7 Å². The van der Waals surface area contributed by atoms with Gasteiger partial charge in [-0.2, -0.15) is 0 Å². The Morgan fingerprint density at radius 3 is 2.80 bits per heavy atom.